The Morgan fingerprint density at radius 2 is 1.58 bits per heavy atom. The fourth-order valence-corrected chi connectivity index (χ4v) is 4.00. The van der Waals surface area contributed by atoms with Gasteiger partial charge in [-0.05, 0) is 44.5 Å². The first kappa shape index (κ1) is 25.6. The highest BCUT2D eigenvalue weighted by molar-refractivity contribution is 14.0. The molecule has 0 aliphatic carbocycles. The van der Waals surface area contributed by atoms with Crippen LogP contribution in [0.1, 0.15) is 24.0 Å². The lowest BCUT2D eigenvalue weighted by molar-refractivity contribution is 0.198. The van der Waals surface area contributed by atoms with Crippen LogP contribution in [0.15, 0.2) is 65.7 Å². The smallest absolute Gasteiger partial charge is 0.191 e. The lowest BCUT2D eigenvalue weighted by Crippen LogP contribution is -2.51. The number of piperidine rings is 1. The Kier molecular flexibility index (Phi) is 11.3. The molecule has 0 aromatic heterocycles. The number of likely N-dealkylation sites (N-methyl/N-ethyl adjacent to an activating group) is 1. The summed E-state index contributed by atoms with van der Waals surface area (Å²) < 4.78 is 0. The highest BCUT2D eigenvalue weighted by Crippen LogP contribution is 2.14. The van der Waals surface area contributed by atoms with E-state index in [4.69, 9.17) is 0 Å². The maximum atomic E-state index is 4.47. The molecule has 0 spiro atoms. The maximum absolute atomic E-state index is 4.47. The van der Waals surface area contributed by atoms with Gasteiger partial charge in [-0.1, -0.05) is 60.7 Å². The Morgan fingerprint density at radius 1 is 1.00 bits per heavy atom. The van der Waals surface area contributed by atoms with Crippen LogP contribution < -0.4 is 10.6 Å². The van der Waals surface area contributed by atoms with E-state index in [1.807, 2.05) is 7.05 Å². The van der Waals surface area contributed by atoms with E-state index in [2.05, 4.69) is 100 Å². The fraction of sp³-hybridized carbons (Fsp3) is 0.480. The first-order valence-electron chi connectivity index (χ1n) is 11.1. The lowest BCUT2D eigenvalue weighted by atomic mass is 10.0. The molecule has 31 heavy (non-hydrogen) atoms. The number of halogens is 1. The Bertz CT molecular complexity index is 758. The molecule has 1 fully saturated rings. The van der Waals surface area contributed by atoms with E-state index in [9.17, 15) is 0 Å². The molecule has 2 aromatic carbocycles. The molecule has 1 atom stereocenters. The lowest BCUT2D eigenvalue weighted by Gasteiger charge is -2.33. The van der Waals surface area contributed by atoms with Gasteiger partial charge in [0.15, 0.2) is 5.96 Å². The molecule has 1 aliphatic rings. The Labute approximate surface area is 205 Å². The van der Waals surface area contributed by atoms with Gasteiger partial charge in [-0.15, -0.1) is 24.0 Å². The van der Waals surface area contributed by atoms with Crippen molar-refractivity contribution >= 4 is 29.9 Å². The topological polar surface area (TPSA) is 42.9 Å². The van der Waals surface area contributed by atoms with E-state index in [-0.39, 0.29) is 24.0 Å². The first-order valence-corrected chi connectivity index (χ1v) is 11.1. The minimum absolute atomic E-state index is 0. The second-order valence-corrected chi connectivity index (χ2v) is 8.44. The summed E-state index contributed by atoms with van der Waals surface area (Å²) in [6.07, 6.45) is 3.32. The molecule has 1 heterocycles. The van der Waals surface area contributed by atoms with Crippen LogP contribution in [0.4, 0.5) is 0 Å². The van der Waals surface area contributed by atoms with Crippen molar-refractivity contribution in [2.24, 2.45) is 4.99 Å². The molecular weight excluding hydrogens is 497 g/mol. The summed E-state index contributed by atoms with van der Waals surface area (Å²) in [7, 11) is 6.16. The molecule has 1 unspecified atom stereocenters. The minimum Gasteiger partial charge on any atom is -0.355 e. The SMILES string of the molecule is CN=C(NCC(Cc1ccccc1)N(C)C)NC1CCN(Cc2ccccc2)CC1.I. The molecule has 5 nitrogen and oxygen atoms in total. The predicted octanol–water partition coefficient (Wildman–Crippen LogP) is 3.61. The Morgan fingerprint density at radius 3 is 2.13 bits per heavy atom. The molecule has 3 rings (SSSR count). The average molecular weight is 536 g/mol. The van der Waals surface area contributed by atoms with Gasteiger partial charge in [-0.25, -0.2) is 0 Å². The molecule has 0 bridgehead atoms. The van der Waals surface area contributed by atoms with Crippen molar-refractivity contribution < 1.29 is 0 Å². The summed E-state index contributed by atoms with van der Waals surface area (Å²) in [4.78, 5) is 9.30. The maximum Gasteiger partial charge on any atom is 0.191 e. The van der Waals surface area contributed by atoms with Crippen molar-refractivity contribution in [1.82, 2.24) is 20.4 Å². The molecule has 0 radical (unpaired) electrons. The molecular formula is C25H38IN5. The third kappa shape index (κ3) is 8.79. The molecule has 0 amide bonds. The van der Waals surface area contributed by atoms with Crippen molar-refractivity contribution in [2.75, 3.05) is 40.8 Å². The van der Waals surface area contributed by atoms with Crippen LogP contribution in [0, 0.1) is 0 Å². The molecule has 170 valence electrons. The third-order valence-electron chi connectivity index (χ3n) is 5.95. The first-order chi connectivity index (χ1) is 14.6. The fourth-order valence-electron chi connectivity index (χ4n) is 4.00. The second-order valence-electron chi connectivity index (χ2n) is 8.44. The number of benzene rings is 2. The van der Waals surface area contributed by atoms with Gasteiger partial charge >= 0.3 is 0 Å². The monoisotopic (exact) mass is 535 g/mol. The molecule has 1 saturated heterocycles. The van der Waals surface area contributed by atoms with Crippen LogP contribution >= 0.6 is 24.0 Å². The number of likely N-dealkylation sites (tertiary alicyclic amines) is 1. The number of guanidine groups is 1. The van der Waals surface area contributed by atoms with Gasteiger partial charge in [0.05, 0.1) is 0 Å². The van der Waals surface area contributed by atoms with Crippen LogP contribution in [0.2, 0.25) is 0 Å². The summed E-state index contributed by atoms with van der Waals surface area (Å²) in [6, 6.07) is 22.4. The number of nitrogens with zero attached hydrogens (tertiary/aromatic N) is 3. The number of hydrogen-bond donors (Lipinski definition) is 2. The minimum atomic E-state index is 0. The van der Waals surface area contributed by atoms with Gasteiger partial charge in [0.1, 0.15) is 0 Å². The zero-order valence-corrected chi connectivity index (χ0v) is 21.5. The van der Waals surface area contributed by atoms with E-state index in [0.29, 0.717) is 12.1 Å². The quantitative estimate of drug-likeness (QED) is 0.308. The van der Waals surface area contributed by atoms with E-state index in [0.717, 1.165) is 51.4 Å². The summed E-state index contributed by atoms with van der Waals surface area (Å²) in [5.74, 6) is 0.913. The van der Waals surface area contributed by atoms with Gasteiger partial charge in [0.25, 0.3) is 0 Å². The summed E-state index contributed by atoms with van der Waals surface area (Å²) in [5.41, 5.74) is 2.77. The van der Waals surface area contributed by atoms with Crippen LogP contribution in [-0.4, -0.2) is 68.6 Å². The molecule has 0 saturated carbocycles. The van der Waals surface area contributed by atoms with Crippen LogP contribution in [0.5, 0.6) is 0 Å². The molecule has 2 aromatic rings. The zero-order valence-electron chi connectivity index (χ0n) is 19.1. The van der Waals surface area contributed by atoms with E-state index in [1.165, 1.54) is 11.1 Å². The van der Waals surface area contributed by atoms with Gasteiger partial charge < -0.3 is 15.5 Å². The van der Waals surface area contributed by atoms with Gasteiger partial charge in [0, 0.05) is 45.3 Å². The molecule has 1 aliphatic heterocycles. The normalized spacial score (nSPS) is 16.6. The van der Waals surface area contributed by atoms with Crippen molar-refractivity contribution in [3.05, 3.63) is 71.8 Å². The summed E-state index contributed by atoms with van der Waals surface area (Å²) in [5, 5.41) is 7.19. The number of aliphatic imine (C=N–C) groups is 1. The van der Waals surface area contributed by atoms with Crippen LogP contribution in [-0.2, 0) is 13.0 Å². The van der Waals surface area contributed by atoms with Crippen molar-refractivity contribution in [3.8, 4) is 0 Å². The zero-order chi connectivity index (χ0) is 21.2. The van der Waals surface area contributed by atoms with E-state index >= 15 is 0 Å². The number of nitrogens with one attached hydrogen (secondary N) is 2. The van der Waals surface area contributed by atoms with Crippen LogP contribution in [0.3, 0.4) is 0 Å². The van der Waals surface area contributed by atoms with E-state index < -0.39 is 0 Å². The highest BCUT2D eigenvalue weighted by Gasteiger charge is 2.20. The van der Waals surface area contributed by atoms with Crippen molar-refractivity contribution in [2.45, 2.75) is 37.9 Å². The third-order valence-corrected chi connectivity index (χ3v) is 5.95. The summed E-state index contributed by atoms with van der Waals surface area (Å²) >= 11 is 0. The van der Waals surface area contributed by atoms with Crippen molar-refractivity contribution in [1.29, 1.82) is 0 Å². The van der Waals surface area contributed by atoms with E-state index in [1.54, 1.807) is 0 Å². The van der Waals surface area contributed by atoms with Gasteiger partial charge in [0.2, 0.25) is 0 Å². The standard InChI is InChI=1S/C25H37N5.HI/c1-26-25(27-19-24(29(2)3)18-21-10-6-4-7-11-21)28-23-14-16-30(17-15-23)20-22-12-8-5-9-13-22;/h4-13,23-24H,14-20H2,1-3H3,(H2,26,27,28);1H. The van der Waals surface area contributed by atoms with Crippen molar-refractivity contribution in [3.63, 3.8) is 0 Å². The molecule has 6 heteroatoms. The highest BCUT2D eigenvalue weighted by atomic mass is 127. The van der Waals surface area contributed by atoms with Gasteiger partial charge in [-0.2, -0.15) is 0 Å². The number of hydrogen-bond acceptors (Lipinski definition) is 3. The van der Waals surface area contributed by atoms with Gasteiger partial charge in [-0.3, -0.25) is 9.89 Å². The average Bonchev–Trinajstić information content (AvgIpc) is 2.78. The number of rotatable bonds is 8. The van der Waals surface area contributed by atoms with Crippen LogP contribution in [0.25, 0.3) is 0 Å². The predicted molar refractivity (Wildman–Crippen MR) is 142 cm³/mol. The Hall–Kier alpha value is -1.64. The molecule has 2 N–H and O–H groups in total. The summed E-state index contributed by atoms with van der Waals surface area (Å²) in [6.45, 7) is 4.16. The second kappa shape index (κ2) is 13.7. The Balaban J connectivity index is 0.00000341. The largest absolute Gasteiger partial charge is 0.355 e.